The van der Waals surface area contributed by atoms with Crippen molar-refractivity contribution < 1.29 is 13.9 Å². The Morgan fingerprint density at radius 2 is 2.24 bits per heavy atom. The summed E-state index contributed by atoms with van der Waals surface area (Å²) in [6.45, 7) is 2.01. The number of halogens is 1. The van der Waals surface area contributed by atoms with Crippen LogP contribution in [0.15, 0.2) is 29.8 Å². The van der Waals surface area contributed by atoms with Crippen molar-refractivity contribution in [1.29, 1.82) is 0 Å². The zero-order valence-corrected chi connectivity index (χ0v) is 9.96. The van der Waals surface area contributed by atoms with E-state index in [0.29, 0.717) is 16.1 Å². The molecule has 0 spiro atoms. The third kappa shape index (κ3) is 2.34. The number of carbonyl (C=O) groups excluding carboxylic acids is 1. The van der Waals surface area contributed by atoms with Crippen LogP contribution in [0.4, 0.5) is 4.39 Å². The summed E-state index contributed by atoms with van der Waals surface area (Å²) in [5.41, 5.74) is 2.16. The molecule has 0 N–H and O–H groups in total. The Labute approximate surface area is 102 Å². The van der Waals surface area contributed by atoms with Crippen molar-refractivity contribution in [2.24, 2.45) is 0 Å². The lowest BCUT2D eigenvalue weighted by atomic mass is 10.1. The summed E-state index contributed by atoms with van der Waals surface area (Å²) in [6, 6.07) is 6.22. The summed E-state index contributed by atoms with van der Waals surface area (Å²) in [5, 5.41) is 0. The highest BCUT2D eigenvalue weighted by Gasteiger charge is 2.19. The van der Waals surface area contributed by atoms with Gasteiger partial charge in [-0.2, -0.15) is 0 Å². The maximum atomic E-state index is 13.6. The molecule has 0 unspecified atom stereocenters. The lowest BCUT2D eigenvalue weighted by molar-refractivity contribution is 0.0532. The smallest absolute Gasteiger partial charge is 0.350 e. The molecule has 1 heterocycles. The standard InChI is InChI=1S/C12H10FNO2S/c1-2-16-12(15)11-10(14-7-17-11)8-5-3-4-6-9(8)13/h3-7H,2H2,1H3. The van der Waals surface area contributed by atoms with Gasteiger partial charge in [0.05, 0.1) is 17.8 Å². The molecule has 17 heavy (non-hydrogen) atoms. The van der Waals surface area contributed by atoms with E-state index < -0.39 is 11.8 Å². The highest BCUT2D eigenvalue weighted by Crippen LogP contribution is 2.28. The largest absolute Gasteiger partial charge is 0.462 e. The van der Waals surface area contributed by atoms with E-state index in [0.717, 1.165) is 11.3 Å². The molecular formula is C12H10FNO2S. The molecule has 2 rings (SSSR count). The topological polar surface area (TPSA) is 39.2 Å². The number of carbonyl (C=O) groups is 1. The van der Waals surface area contributed by atoms with Gasteiger partial charge in [0.25, 0.3) is 0 Å². The Morgan fingerprint density at radius 3 is 2.94 bits per heavy atom. The quantitative estimate of drug-likeness (QED) is 0.787. The minimum absolute atomic E-state index is 0.285. The first-order valence-corrected chi connectivity index (χ1v) is 5.97. The number of hydrogen-bond acceptors (Lipinski definition) is 4. The fourth-order valence-corrected chi connectivity index (χ4v) is 2.13. The van der Waals surface area contributed by atoms with Crippen molar-refractivity contribution in [2.75, 3.05) is 6.61 Å². The number of benzene rings is 1. The summed E-state index contributed by atoms with van der Waals surface area (Å²) in [6.07, 6.45) is 0. The Bertz CT molecular complexity index is 539. The van der Waals surface area contributed by atoms with Crippen LogP contribution in [0, 0.1) is 5.82 Å². The molecule has 2 aromatic rings. The highest BCUT2D eigenvalue weighted by atomic mass is 32.1. The van der Waals surface area contributed by atoms with Crippen LogP contribution in [0.5, 0.6) is 0 Å². The van der Waals surface area contributed by atoms with Crippen LogP contribution in [0.25, 0.3) is 11.3 Å². The van der Waals surface area contributed by atoms with Gasteiger partial charge in [-0.05, 0) is 19.1 Å². The number of thiazole rings is 1. The molecule has 3 nitrogen and oxygen atoms in total. The second-order valence-corrected chi connectivity index (χ2v) is 4.09. The van der Waals surface area contributed by atoms with Crippen molar-refractivity contribution in [3.8, 4) is 11.3 Å². The van der Waals surface area contributed by atoms with E-state index in [1.807, 2.05) is 0 Å². The maximum Gasteiger partial charge on any atom is 0.350 e. The second kappa shape index (κ2) is 5.05. The van der Waals surface area contributed by atoms with Gasteiger partial charge in [-0.3, -0.25) is 0 Å². The number of rotatable bonds is 3. The van der Waals surface area contributed by atoms with E-state index in [2.05, 4.69) is 4.98 Å². The van der Waals surface area contributed by atoms with Crippen molar-refractivity contribution in [2.45, 2.75) is 6.92 Å². The van der Waals surface area contributed by atoms with Gasteiger partial charge >= 0.3 is 5.97 Å². The zero-order chi connectivity index (χ0) is 12.3. The Morgan fingerprint density at radius 1 is 1.47 bits per heavy atom. The van der Waals surface area contributed by atoms with Crippen LogP contribution in [0.1, 0.15) is 16.6 Å². The van der Waals surface area contributed by atoms with Crippen LogP contribution in [0.3, 0.4) is 0 Å². The zero-order valence-electron chi connectivity index (χ0n) is 9.14. The summed E-state index contributed by atoms with van der Waals surface area (Å²) in [7, 11) is 0. The van der Waals surface area contributed by atoms with Gasteiger partial charge in [-0.1, -0.05) is 12.1 Å². The fraction of sp³-hybridized carbons (Fsp3) is 0.167. The first-order valence-electron chi connectivity index (χ1n) is 5.09. The van der Waals surface area contributed by atoms with Crippen molar-refractivity contribution >= 4 is 17.3 Å². The van der Waals surface area contributed by atoms with Crippen molar-refractivity contribution in [3.63, 3.8) is 0 Å². The van der Waals surface area contributed by atoms with E-state index in [4.69, 9.17) is 4.74 Å². The average Bonchev–Trinajstić information content (AvgIpc) is 2.79. The van der Waals surface area contributed by atoms with Gasteiger partial charge in [-0.25, -0.2) is 14.2 Å². The van der Waals surface area contributed by atoms with Gasteiger partial charge in [0, 0.05) is 5.56 Å². The Balaban J connectivity index is 2.44. The molecule has 0 radical (unpaired) electrons. The van der Waals surface area contributed by atoms with Gasteiger partial charge < -0.3 is 4.74 Å². The predicted molar refractivity (Wildman–Crippen MR) is 63.5 cm³/mol. The van der Waals surface area contributed by atoms with Gasteiger partial charge in [0.2, 0.25) is 0 Å². The van der Waals surface area contributed by atoms with E-state index in [9.17, 15) is 9.18 Å². The molecule has 0 aliphatic carbocycles. The number of nitrogens with zero attached hydrogens (tertiary/aromatic N) is 1. The number of ether oxygens (including phenoxy) is 1. The molecule has 5 heteroatoms. The molecule has 1 aromatic carbocycles. The molecule has 0 amide bonds. The third-order valence-corrected chi connectivity index (χ3v) is 2.96. The third-order valence-electron chi connectivity index (χ3n) is 2.16. The maximum absolute atomic E-state index is 13.6. The molecule has 0 aliphatic rings. The minimum atomic E-state index is -0.465. The summed E-state index contributed by atoms with van der Waals surface area (Å²) >= 11 is 1.15. The van der Waals surface area contributed by atoms with Gasteiger partial charge in [0.1, 0.15) is 10.7 Å². The Hall–Kier alpha value is -1.75. The molecule has 0 aliphatic heterocycles. The molecule has 0 fully saturated rings. The molecule has 88 valence electrons. The molecule has 0 atom stereocenters. The Kier molecular flexibility index (Phi) is 3.49. The van der Waals surface area contributed by atoms with Crippen LogP contribution in [-0.4, -0.2) is 17.6 Å². The van der Waals surface area contributed by atoms with Gasteiger partial charge in [-0.15, -0.1) is 11.3 Å². The van der Waals surface area contributed by atoms with E-state index in [-0.39, 0.29) is 6.61 Å². The second-order valence-electron chi connectivity index (χ2n) is 3.23. The summed E-state index contributed by atoms with van der Waals surface area (Å²) < 4.78 is 18.5. The van der Waals surface area contributed by atoms with Crippen LogP contribution >= 0.6 is 11.3 Å². The monoisotopic (exact) mass is 251 g/mol. The lowest BCUT2D eigenvalue weighted by Gasteiger charge is -2.03. The number of esters is 1. The lowest BCUT2D eigenvalue weighted by Crippen LogP contribution is -2.04. The molecule has 0 saturated carbocycles. The molecular weight excluding hydrogens is 241 g/mol. The highest BCUT2D eigenvalue weighted by molar-refractivity contribution is 7.12. The summed E-state index contributed by atoms with van der Waals surface area (Å²) in [4.78, 5) is 16.0. The van der Waals surface area contributed by atoms with Crippen LogP contribution in [0.2, 0.25) is 0 Å². The first-order chi connectivity index (χ1) is 8.24. The molecule has 0 saturated heterocycles. The van der Waals surface area contributed by atoms with Crippen LogP contribution < -0.4 is 0 Å². The van der Waals surface area contributed by atoms with Gasteiger partial charge in [0.15, 0.2) is 0 Å². The number of aromatic nitrogens is 1. The number of hydrogen-bond donors (Lipinski definition) is 0. The first kappa shape index (κ1) is 11.7. The summed E-state index contributed by atoms with van der Waals surface area (Å²) in [5.74, 6) is -0.864. The van der Waals surface area contributed by atoms with Crippen molar-refractivity contribution in [3.05, 3.63) is 40.5 Å². The van der Waals surface area contributed by atoms with E-state index in [1.165, 1.54) is 11.6 Å². The van der Waals surface area contributed by atoms with E-state index >= 15 is 0 Å². The fourth-order valence-electron chi connectivity index (χ4n) is 1.43. The molecule has 1 aromatic heterocycles. The SMILES string of the molecule is CCOC(=O)c1scnc1-c1ccccc1F. The normalized spacial score (nSPS) is 10.2. The van der Waals surface area contributed by atoms with E-state index in [1.54, 1.807) is 25.1 Å². The van der Waals surface area contributed by atoms with Crippen molar-refractivity contribution in [1.82, 2.24) is 4.98 Å². The average molecular weight is 251 g/mol. The minimum Gasteiger partial charge on any atom is -0.462 e. The predicted octanol–water partition coefficient (Wildman–Crippen LogP) is 3.13. The molecule has 0 bridgehead atoms. The van der Waals surface area contributed by atoms with Crippen LogP contribution in [-0.2, 0) is 4.74 Å².